The van der Waals surface area contributed by atoms with Crippen molar-refractivity contribution in [2.45, 2.75) is 10.8 Å². The zero-order chi connectivity index (χ0) is 11.4. The first-order chi connectivity index (χ1) is 7.74. The Morgan fingerprint density at radius 3 is 2.88 bits per heavy atom. The molecular weight excluding hydrogens is 225 g/mol. The zero-order valence-electron chi connectivity index (χ0n) is 8.43. The quantitative estimate of drug-likeness (QED) is 0.504. The van der Waals surface area contributed by atoms with Crippen molar-refractivity contribution in [1.82, 2.24) is 9.97 Å². The van der Waals surface area contributed by atoms with E-state index in [2.05, 4.69) is 9.97 Å². The smallest absolute Gasteiger partial charge is 0.125 e. The molecule has 2 rings (SSSR count). The van der Waals surface area contributed by atoms with Crippen molar-refractivity contribution in [3.63, 3.8) is 0 Å². The molecule has 0 unspecified atom stereocenters. The zero-order valence-corrected chi connectivity index (χ0v) is 9.25. The maximum Gasteiger partial charge on any atom is 0.125 e. The van der Waals surface area contributed by atoms with E-state index in [1.807, 2.05) is 6.07 Å². The van der Waals surface area contributed by atoms with Crippen LogP contribution in [0.5, 0.6) is 0 Å². The molecule has 1 heterocycles. The van der Waals surface area contributed by atoms with Crippen molar-refractivity contribution in [1.29, 1.82) is 0 Å². The highest BCUT2D eigenvalue weighted by molar-refractivity contribution is 7.98. The Labute approximate surface area is 96.9 Å². The first-order valence-corrected chi connectivity index (χ1v) is 5.66. The Morgan fingerprint density at radius 2 is 2.19 bits per heavy atom. The number of nitrogens with two attached hydrogens (primary N) is 1. The monoisotopic (exact) mass is 235 g/mol. The van der Waals surface area contributed by atoms with E-state index in [9.17, 15) is 4.39 Å². The topological polar surface area (TPSA) is 51.8 Å². The summed E-state index contributed by atoms with van der Waals surface area (Å²) in [5.74, 6) is 0.331. The lowest BCUT2D eigenvalue weighted by atomic mass is 10.2. The van der Waals surface area contributed by atoms with Crippen molar-refractivity contribution in [2.75, 3.05) is 5.73 Å². The number of rotatable bonds is 3. The summed E-state index contributed by atoms with van der Waals surface area (Å²) in [5.41, 5.74) is 6.84. The van der Waals surface area contributed by atoms with Gasteiger partial charge in [-0.2, -0.15) is 0 Å². The average molecular weight is 235 g/mol. The van der Waals surface area contributed by atoms with Gasteiger partial charge in [-0.3, -0.25) is 0 Å². The molecule has 0 fully saturated rings. The predicted molar refractivity (Wildman–Crippen MR) is 62.4 cm³/mol. The molecule has 1 aromatic carbocycles. The van der Waals surface area contributed by atoms with Crippen molar-refractivity contribution < 1.29 is 4.39 Å². The Morgan fingerprint density at radius 1 is 1.31 bits per heavy atom. The fourth-order valence-corrected chi connectivity index (χ4v) is 2.04. The number of hydrogen-bond donors (Lipinski definition) is 1. The van der Waals surface area contributed by atoms with Gasteiger partial charge in [0.25, 0.3) is 0 Å². The molecule has 0 spiro atoms. The molecule has 0 aliphatic heterocycles. The van der Waals surface area contributed by atoms with Crippen LogP contribution in [0.2, 0.25) is 0 Å². The van der Waals surface area contributed by atoms with Gasteiger partial charge in [0.15, 0.2) is 0 Å². The van der Waals surface area contributed by atoms with Gasteiger partial charge in [-0.05, 0) is 29.8 Å². The third kappa shape index (κ3) is 2.93. The van der Waals surface area contributed by atoms with Gasteiger partial charge < -0.3 is 5.73 Å². The SMILES string of the molecule is Nc1cc(F)cc(CSc2ccncn2)c1. The van der Waals surface area contributed by atoms with Crippen molar-refractivity contribution in [3.8, 4) is 0 Å². The van der Waals surface area contributed by atoms with Crippen LogP contribution >= 0.6 is 11.8 Å². The highest BCUT2D eigenvalue weighted by atomic mass is 32.2. The summed E-state index contributed by atoms with van der Waals surface area (Å²) in [6.07, 6.45) is 3.16. The summed E-state index contributed by atoms with van der Waals surface area (Å²) < 4.78 is 13.0. The highest BCUT2D eigenvalue weighted by Gasteiger charge is 2.00. The Balaban J connectivity index is 2.05. The molecule has 0 bridgehead atoms. The van der Waals surface area contributed by atoms with Gasteiger partial charge in [-0.25, -0.2) is 14.4 Å². The van der Waals surface area contributed by atoms with E-state index in [4.69, 9.17) is 5.73 Å². The van der Waals surface area contributed by atoms with Gasteiger partial charge in [0.1, 0.15) is 12.1 Å². The van der Waals surface area contributed by atoms with Gasteiger partial charge in [0.2, 0.25) is 0 Å². The second-order valence-corrected chi connectivity index (χ2v) is 4.22. The summed E-state index contributed by atoms with van der Waals surface area (Å²) >= 11 is 1.52. The van der Waals surface area contributed by atoms with Crippen LogP contribution in [0.25, 0.3) is 0 Å². The lowest BCUT2D eigenvalue weighted by Gasteiger charge is -2.02. The summed E-state index contributed by atoms with van der Waals surface area (Å²) in [7, 11) is 0. The summed E-state index contributed by atoms with van der Waals surface area (Å²) in [5, 5.41) is 0.859. The molecule has 0 saturated carbocycles. The number of thioether (sulfide) groups is 1. The summed E-state index contributed by atoms with van der Waals surface area (Å²) in [6.45, 7) is 0. The molecular formula is C11H10FN3S. The molecule has 2 aromatic rings. The van der Waals surface area contributed by atoms with Crippen molar-refractivity contribution in [2.24, 2.45) is 0 Å². The minimum Gasteiger partial charge on any atom is -0.399 e. The van der Waals surface area contributed by atoms with Gasteiger partial charge in [-0.15, -0.1) is 11.8 Å². The van der Waals surface area contributed by atoms with Gasteiger partial charge in [0, 0.05) is 17.6 Å². The van der Waals surface area contributed by atoms with Crippen molar-refractivity contribution >= 4 is 17.4 Å². The molecule has 2 N–H and O–H groups in total. The van der Waals surface area contributed by atoms with Crippen LogP contribution in [0.3, 0.4) is 0 Å². The van der Waals surface area contributed by atoms with Crippen molar-refractivity contribution in [3.05, 3.63) is 48.2 Å². The fourth-order valence-electron chi connectivity index (χ4n) is 1.28. The fraction of sp³-hybridized carbons (Fsp3) is 0.0909. The third-order valence-corrected chi connectivity index (χ3v) is 2.94. The van der Waals surface area contributed by atoms with Crippen LogP contribution in [0.4, 0.5) is 10.1 Å². The second-order valence-electron chi connectivity index (χ2n) is 3.23. The predicted octanol–water partition coefficient (Wildman–Crippen LogP) is 2.49. The first kappa shape index (κ1) is 10.9. The Kier molecular flexibility index (Phi) is 3.36. The van der Waals surface area contributed by atoms with Gasteiger partial charge in [-0.1, -0.05) is 0 Å². The van der Waals surface area contributed by atoms with E-state index in [1.54, 1.807) is 12.3 Å². The van der Waals surface area contributed by atoms with Crippen LogP contribution in [0.15, 0.2) is 41.8 Å². The maximum absolute atomic E-state index is 13.0. The largest absolute Gasteiger partial charge is 0.399 e. The Hall–Kier alpha value is -1.62. The maximum atomic E-state index is 13.0. The van der Waals surface area contributed by atoms with E-state index >= 15 is 0 Å². The molecule has 0 aliphatic rings. The van der Waals surface area contributed by atoms with Gasteiger partial charge >= 0.3 is 0 Å². The van der Waals surface area contributed by atoms with Crippen LogP contribution < -0.4 is 5.73 Å². The molecule has 5 heteroatoms. The minimum absolute atomic E-state index is 0.307. The molecule has 82 valence electrons. The van der Waals surface area contributed by atoms with Crippen LogP contribution in [-0.4, -0.2) is 9.97 Å². The summed E-state index contributed by atoms with van der Waals surface area (Å²) in [4.78, 5) is 7.89. The molecule has 0 amide bonds. The average Bonchev–Trinajstić information content (AvgIpc) is 2.27. The van der Waals surface area contributed by atoms with Crippen LogP contribution in [0, 0.1) is 5.82 Å². The number of halogens is 1. The normalized spacial score (nSPS) is 10.3. The van der Waals surface area contributed by atoms with Gasteiger partial charge in [0.05, 0.1) is 5.03 Å². The minimum atomic E-state index is -0.307. The van der Waals surface area contributed by atoms with Crippen LogP contribution in [-0.2, 0) is 5.75 Å². The third-order valence-electron chi connectivity index (χ3n) is 1.92. The van der Waals surface area contributed by atoms with E-state index in [0.717, 1.165) is 10.6 Å². The standard InChI is InChI=1S/C11H10FN3S/c12-9-3-8(4-10(13)5-9)6-16-11-1-2-14-7-15-11/h1-5,7H,6,13H2. The number of nitrogens with zero attached hydrogens (tertiary/aromatic N) is 2. The molecule has 0 radical (unpaired) electrons. The van der Waals surface area contributed by atoms with Crippen LogP contribution in [0.1, 0.15) is 5.56 Å². The summed E-state index contributed by atoms with van der Waals surface area (Å²) in [6, 6.07) is 6.36. The molecule has 1 aromatic heterocycles. The van der Waals surface area contributed by atoms with E-state index in [1.165, 1.54) is 30.2 Å². The lowest BCUT2D eigenvalue weighted by molar-refractivity contribution is 0.627. The number of aromatic nitrogens is 2. The number of benzene rings is 1. The van der Waals surface area contributed by atoms with E-state index < -0.39 is 0 Å². The molecule has 3 nitrogen and oxygen atoms in total. The van der Waals surface area contributed by atoms with E-state index in [0.29, 0.717) is 11.4 Å². The second kappa shape index (κ2) is 4.94. The molecule has 0 aliphatic carbocycles. The molecule has 0 saturated heterocycles. The number of anilines is 1. The first-order valence-electron chi connectivity index (χ1n) is 4.68. The Bertz CT molecular complexity index is 456. The number of hydrogen-bond acceptors (Lipinski definition) is 4. The highest BCUT2D eigenvalue weighted by Crippen LogP contribution is 2.21. The number of nitrogen functional groups attached to an aromatic ring is 1. The lowest BCUT2D eigenvalue weighted by Crippen LogP contribution is -1.90. The molecule has 0 atom stereocenters. The molecule has 16 heavy (non-hydrogen) atoms. The van der Waals surface area contributed by atoms with E-state index in [-0.39, 0.29) is 5.82 Å².